The standard InChI is InChI=1S/C26H41NO3/c1-3-4-5-6-7-8-9-10-11-12-13-14-15-16-17-20-29-26-27-24-19-18-22(2)21-23(24)25(28)30-26/h18-19,21H,3-17,20H2,1-2H3. The molecule has 0 unspecified atom stereocenters. The van der Waals surface area contributed by atoms with E-state index < -0.39 is 0 Å². The van der Waals surface area contributed by atoms with Gasteiger partial charge in [-0.05, 0) is 25.5 Å². The molecule has 1 heterocycles. The number of benzene rings is 1. The Morgan fingerprint density at radius 2 is 1.33 bits per heavy atom. The Morgan fingerprint density at radius 3 is 1.90 bits per heavy atom. The number of hydrogen-bond acceptors (Lipinski definition) is 4. The van der Waals surface area contributed by atoms with Crippen LogP contribution in [-0.4, -0.2) is 11.6 Å². The van der Waals surface area contributed by atoms with Gasteiger partial charge in [-0.25, -0.2) is 4.79 Å². The van der Waals surface area contributed by atoms with Gasteiger partial charge in [0.05, 0.1) is 17.5 Å². The summed E-state index contributed by atoms with van der Waals surface area (Å²) >= 11 is 0. The maximum absolute atomic E-state index is 12.0. The summed E-state index contributed by atoms with van der Waals surface area (Å²) < 4.78 is 10.7. The average molecular weight is 416 g/mol. The highest BCUT2D eigenvalue weighted by atomic mass is 16.6. The van der Waals surface area contributed by atoms with Crippen molar-refractivity contribution in [1.29, 1.82) is 0 Å². The fourth-order valence-electron chi connectivity index (χ4n) is 3.86. The number of fused-ring (bicyclic) bond motifs is 1. The number of aromatic nitrogens is 1. The predicted octanol–water partition coefficient (Wildman–Crippen LogP) is 7.75. The summed E-state index contributed by atoms with van der Waals surface area (Å²) in [5.74, 6) is 0. The van der Waals surface area contributed by atoms with Crippen LogP contribution >= 0.6 is 0 Å². The summed E-state index contributed by atoms with van der Waals surface area (Å²) in [6, 6.07) is 5.57. The van der Waals surface area contributed by atoms with E-state index in [0.29, 0.717) is 17.5 Å². The van der Waals surface area contributed by atoms with Crippen molar-refractivity contribution in [3.63, 3.8) is 0 Å². The smallest absolute Gasteiger partial charge is 0.397 e. The van der Waals surface area contributed by atoms with Gasteiger partial charge in [-0.3, -0.25) is 0 Å². The highest BCUT2D eigenvalue weighted by molar-refractivity contribution is 5.77. The van der Waals surface area contributed by atoms with Crippen LogP contribution < -0.4 is 10.4 Å². The van der Waals surface area contributed by atoms with Crippen molar-refractivity contribution in [2.24, 2.45) is 0 Å². The number of aryl methyl sites for hydroxylation is 1. The molecule has 0 N–H and O–H groups in total. The Morgan fingerprint density at radius 1 is 0.800 bits per heavy atom. The summed E-state index contributed by atoms with van der Waals surface area (Å²) in [5.41, 5.74) is 1.27. The van der Waals surface area contributed by atoms with E-state index in [2.05, 4.69) is 11.9 Å². The van der Waals surface area contributed by atoms with Crippen molar-refractivity contribution in [3.05, 3.63) is 34.2 Å². The van der Waals surface area contributed by atoms with Gasteiger partial charge >= 0.3 is 11.7 Å². The van der Waals surface area contributed by atoms with Crippen molar-refractivity contribution in [1.82, 2.24) is 4.98 Å². The van der Waals surface area contributed by atoms with Gasteiger partial charge in [0.2, 0.25) is 0 Å². The molecule has 1 aromatic carbocycles. The zero-order valence-electron chi connectivity index (χ0n) is 19.2. The van der Waals surface area contributed by atoms with Gasteiger partial charge in [0.15, 0.2) is 0 Å². The molecular weight excluding hydrogens is 374 g/mol. The first-order chi connectivity index (χ1) is 14.7. The molecule has 168 valence electrons. The van der Waals surface area contributed by atoms with E-state index in [-0.39, 0.29) is 11.7 Å². The maximum atomic E-state index is 12.0. The molecule has 0 saturated carbocycles. The number of unbranched alkanes of at least 4 members (excludes halogenated alkanes) is 14. The lowest BCUT2D eigenvalue weighted by atomic mass is 10.0. The Labute approximate surface area is 182 Å². The summed E-state index contributed by atoms with van der Waals surface area (Å²) in [7, 11) is 0. The van der Waals surface area contributed by atoms with E-state index >= 15 is 0 Å². The molecule has 4 heteroatoms. The van der Waals surface area contributed by atoms with Gasteiger partial charge in [-0.2, -0.15) is 4.98 Å². The first-order valence-corrected chi connectivity index (χ1v) is 12.2. The highest BCUT2D eigenvalue weighted by Gasteiger charge is 2.07. The van der Waals surface area contributed by atoms with Gasteiger partial charge < -0.3 is 9.15 Å². The minimum Gasteiger partial charge on any atom is -0.450 e. The van der Waals surface area contributed by atoms with Crippen LogP contribution in [-0.2, 0) is 0 Å². The van der Waals surface area contributed by atoms with Crippen LogP contribution in [0.4, 0.5) is 0 Å². The predicted molar refractivity (Wildman–Crippen MR) is 125 cm³/mol. The average Bonchev–Trinajstić information content (AvgIpc) is 2.74. The third kappa shape index (κ3) is 9.77. The first kappa shape index (κ1) is 24.4. The van der Waals surface area contributed by atoms with Gasteiger partial charge in [0, 0.05) is 0 Å². The molecule has 0 aliphatic rings. The van der Waals surface area contributed by atoms with Crippen molar-refractivity contribution < 1.29 is 9.15 Å². The summed E-state index contributed by atoms with van der Waals surface area (Å²) in [6.45, 7) is 4.77. The fraction of sp³-hybridized carbons (Fsp3) is 0.692. The Balaban J connectivity index is 1.43. The van der Waals surface area contributed by atoms with Gasteiger partial charge in [-0.15, -0.1) is 0 Å². The molecule has 0 aliphatic carbocycles. The molecule has 1 aromatic heterocycles. The topological polar surface area (TPSA) is 52.3 Å². The van der Waals surface area contributed by atoms with Crippen LogP contribution in [0, 0.1) is 6.92 Å². The van der Waals surface area contributed by atoms with E-state index in [1.807, 2.05) is 19.1 Å². The van der Waals surface area contributed by atoms with Crippen molar-refractivity contribution >= 4 is 10.9 Å². The third-order valence-corrected chi connectivity index (χ3v) is 5.74. The fourth-order valence-corrected chi connectivity index (χ4v) is 3.86. The lowest BCUT2D eigenvalue weighted by Gasteiger charge is -2.05. The summed E-state index contributed by atoms with van der Waals surface area (Å²) in [6.07, 6.45) is 20.1. The van der Waals surface area contributed by atoms with E-state index in [4.69, 9.17) is 9.15 Å². The Kier molecular flexibility index (Phi) is 12.2. The van der Waals surface area contributed by atoms with Crippen molar-refractivity contribution in [2.45, 2.75) is 110 Å². The second kappa shape index (κ2) is 15.0. The van der Waals surface area contributed by atoms with Gasteiger partial charge in [-0.1, -0.05) is 108 Å². The molecule has 2 rings (SSSR count). The molecule has 4 nitrogen and oxygen atoms in total. The van der Waals surface area contributed by atoms with Crippen LogP contribution in [0.5, 0.6) is 6.08 Å². The molecular formula is C26H41NO3. The quantitative estimate of drug-likeness (QED) is 0.248. The lowest BCUT2D eigenvalue weighted by molar-refractivity contribution is 0.211. The van der Waals surface area contributed by atoms with Crippen LogP contribution in [0.2, 0.25) is 0 Å². The van der Waals surface area contributed by atoms with E-state index in [0.717, 1.165) is 18.4 Å². The molecule has 0 spiro atoms. The van der Waals surface area contributed by atoms with Gasteiger partial charge in [0.1, 0.15) is 0 Å². The van der Waals surface area contributed by atoms with Crippen molar-refractivity contribution in [3.8, 4) is 6.08 Å². The summed E-state index contributed by atoms with van der Waals surface area (Å²) in [4.78, 5) is 16.3. The third-order valence-electron chi connectivity index (χ3n) is 5.74. The second-order valence-corrected chi connectivity index (χ2v) is 8.59. The maximum Gasteiger partial charge on any atom is 0.397 e. The zero-order valence-corrected chi connectivity index (χ0v) is 19.2. The zero-order chi connectivity index (χ0) is 21.4. The second-order valence-electron chi connectivity index (χ2n) is 8.59. The molecule has 30 heavy (non-hydrogen) atoms. The number of rotatable bonds is 17. The van der Waals surface area contributed by atoms with Gasteiger partial charge in [0.25, 0.3) is 0 Å². The van der Waals surface area contributed by atoms with Crippen LogP contribution in [0.25, 0.3) is 10.9 Å². The molecule has 0 radical (unpaired) electrons. The lowest BCUT2D eigenvalue weighted by Crippen LogP contribution is -2.06. The van der Waals surface area contributed by atoms with E-state index in [9.17, 15) is 4.79 Å². The van der Waals surface area contributed by atoms with E-state index in [1.165, 1.54) is 83.5 Å². The molecule has 0 aliphatic heterocycles. The highest BCUT2D eigenvalue weighted by Crippen LogP contribution is 2.15. The number of nitrogens with zero attached hydrogens (tertiary/aromatic N) is 1. The number of hydrogen-bond donors (Lipinski definition) is 0. The monoisotopic (exact) mass is 415 g/mol. The van der Waals surface area contributed by atoms with Crippen molar-refractivity contribution in [2.75, 3.05) is 6.61 Å². The number of ether oxygens (including phenoxy) is 1. The first-order valence-electron chi connectivity index (χ1n) is 12.2. The summed E-state index contributed by atoms with van der Waals surface area (Å²) in [5, 5.41) is 0.509. The van der Waals surface area contributed by atoms with Crippen LogP contribution in [0.15, 0.2) is 27.4 Å². The molecule has 0 amide bonds. The minimum atomic E-state index is -0.379. The van der Waals surface area contributed by atoms with Crippen LogP contribution in [0.1, 0.15) is 109 Å². The molecule has 0 atom stereocenters. The van der Waals surface area contributed by atoms with Crippen LogP contribution in [0.3, 0.4) is 0 Å². The van der Waals surface area contributed by atoms with E-state index in [1.54, 1.807) is 6.07 Å². The largest absolute Gasteiger partial charge is 0.450 e. The minimum absolute atomic E-state index is 0.0849. The SMILES string of the molecule is CCCCCCCCCCCCCCCCCOc1nc2ccc(C)cc2c(=O)o1. The molecule has 0 fully saturated rings. The molecule has 0 saturated heterocycles. The molecule has 2 aromatic rings. The normalized spacial score (nSPS) is 11.3. The Bertz CT molecular complexity index is 768. The molecule has 0 bridgehead atoms. The Hall–Kier alpha value is -1.84.